The molecule has 1 N–H and O–H groups in total. The Kier molecular flexibility index (Phi) is 4.79. The van der Waals surface area contributed by atoms with E-state index in [9.17, 15) is 13.2 Å². The van der Waals surface area contributed by atoms with E-state index in [1.165, 1.54) is 7.05 Å². The molecule has 0 spiro atoms. The van der Waals surface area contributed by atoms with Crippen LogP contribution in [0.3, 0.4) is 0 Å². The second-order valence-electron chi connectivity index (χ2n) is 5.14. The molecular weight excluding hydrogens is 292 g/mol. The van der Waals surface area contributed by atoms with Crippen molar-refractivity contribution in [3.63, 3.8) is 0 Å². The average Bonchev–Trinajstić information content (AvgIpc) is 2.91. The SMILES string of the molecule is CN(CC(=O)Nc1cccnc1N1CCCC1)S(C)(=O)=O. The van der Waals surface area contributed by atoms with Gasteiger partial charge < -0.3 is 10.2 Å². The zero-order valence-electron chi connectivity index (χ0n) is 12.2. The number of rotatable bonds is 5. The lowest BCUT2D eigenvalue weighted by Crippen LogP contribution is -2.34. The Hall–Kier alpha value is -1.67. The topological polar surface area (TPSA) is 82.6 Å². The molecule has 2 heterocycles. The van der Waals surface area contributed by atoms with Gasteiger partial charge in [-0.3, -0.25) is 4.79 Å². The normalized spacial score (nSPS) is 15.5. The van der Waals surface area contributed by atoms with E-state index in [-0.39, 0.29) is 12.5 Å². The van der Waals surface area contributed by atoms with Crippen molar-refractivity contribution in [3.05, 3.63) is 18.3 Å². The standard InChI is InChI=1S/C13H20N4O3S/c1-16(21(2,19)20)10-12(18)15-11-6-5-7-14-13(11)17-8-3-4-9-17/h5-7H,3-4,8-10H2,1-2H3,(H,15,18). The maximum atomic E-state index is 12.0. The summed E-state index contributed by atoms with van der Waals surface area (Å²) in [5.41, 5.74) is 0.617. The fraction of sp³-hybridized carbons (Fsp3) is 0.538. The molecule has 21 heavy (non-hydrogen) atoms. The van der Waals surface area contributed by atoms with E-state index in [4.69, 9.17) is 0 Å². The smallest absolute Gasteiger partial charge is 0.239 e. The predicted octanol–water partition coefficient (Wildman–Crippen LogP) is 0.512. The lowest BCUT2D eigenvalue weighted by molar-refractivity contribution is -0.116. The van der Waals surface area contributed by atoms with Crippen LogP contribution in [-0.2, 0) is 14.8 Å². The number of hydrogen-bond acceptors (Lipinski definition) is 5. The Morgan fingerprint density at radius 1 is 1.43 bits per heavy atom. The molecule has 116 valence electrons. The third-order valence-corrected chi connectivity index (χ3v) is 4.66. The highest BCUT2D eigenvalue weighted by molar-refractivity contribution is 7.88. The number of pyridine rings is 1. The number of likely N-dealkylation sites (N-methyl/N-ethyl adjacent to an activating group) is 1. The van der Waals surface area contributed by atoms with Gasteiger partial charge in [0.2, 0.25) is 15.9 Å². The van der Waals surface area contributed by atoms with Gasteiger partial charge in [0, 0.05) is 26.3 Å². The van der Waals surface area contributed by atoms with Gasteiger partial charge in [-0.15, -0.1) is 0 Å². The Morgan fingerprint density at radius 3 is 2.71 bits per heavy atom. The number of nitrogens with one attached hydrogen (secondary N) is 1. The molecule has 0 unspecified atom stereocenters. The van der Waals surface area contributed by atoms with Crippen molar-refractivity contribution in [2.45, 2.75) is 12.8 Å². The first-order valence-electron chi connectivity index (χ1n) is 6.79. The largest absolute Gasteiger partial charge is 0.355 e. The van der Waals surface area contributed by atoms with Crippen LogP contribution in [0, 0.1) is 0 Å². The molecule has 1 amide bonds. The molecule has 0 bridgehead atoms. The first kappa shape index (κ1) is 15.7. The van der Waals surface area contributed by atoms with E-state index in [2.05, 4.69) is 15.2 Å². The van der Waals surface area contributed by atoms with Crippen LogP contribution < -0.4 is 10.2 Å². The van der Waals surface area contributed by atoms with Crippen LogP contribution in [0.4, 0.5) is 11.5 Å². The van der Waals surface area contributed by atoms with Crippen molar-refractivity contribution in [3.8, 4) is 0 Å². The van der Waals surface area contributed by atoms with Crippen molar-refractivity contribution in [2.75, 3.05) is 43.2 Å². The number of nitrogens with zero attached hydrogens (tertiary/aromatic N) is 3. The molecule has 2 rings (SSSR count). The quantitative estimate of drug-likeness (QED) is 0.856. The molecular formula is C13H20N4O3S. The Balaban J connectivity index is 2.07. The predicted molar refractivity (Wildman–Crippen MR) is 81.8 cm³/mol. The number of carbonyl (C=O) groups is 1. The van der Waals surface area contributed by atoms with Gasteiger partial charge in [-0.1, -0.05) is 0 Å². The number of aromatic nitrogens is 1. The van der Waals surface area contributed by atoms with Crippen LogP contribution in [0.1, 0.15) is 12.8 Å². The third kappa shape index (κ3) is 4.15. The fourth-order valence-electron chi connectivity index (χ4n) is 2.18. The fourth-order valence-corrected chi connectivity index (χ4v) is 2.54. The maximum Gasteiger partial charge on any atom is 0.239 e. The summed E-state index contributed by atoms with van der Waals surface area (Å²) in [5, 5.41) is 2.74. The Morgan fingerprint density at radius 2 is 2.10 bits per heavy atom. The van der Waals surface area contributed by atoms with Crippen molar-refractivity contribution in [2.24, 2.45) is 0 Å². The van der Waals surface area contributed by atoms with E-state index in [0.717, 1.165) is 42.3 Å². The van der Waals surface area contributed by atoms with E-state index in [1.54, 1.807) is 18.3 Å². The van der Waals surface area contributed by atoms with Gasteiger partial charge in [0.05, 0.1) is 18.5 Å². The maximum absolute atomic E-state index is 12.0. The third-order valence-electron chi connectivity index (χ3n) is 3.40. The summed E-state index contributed by atoms with van der Waals surface area (Å²) < 4.78 is 23.6. The first-order valence-corrected chi connectivity index (χ1v) is 8.64. The molecule has 0 aliphatic carbocycles. The molecule has 1 aromatic rings. The van der Waals surface area contributed by atoms with E-state index in [1.807, 2.05) is 0 Å². The highest BCUT2D eigenvalue weighted by Gasteiger charge is 2.19. The van der Waals surface area contributed by atoms with Crippen LogP contribution in [0.25, 0.3) is 0 Å². The molecule has 8 heteroatoms. The lowest BCUT2D eigenvalue weighted by Gasteiger charge is -2.20. The summed E-state index contributed by atoms with van der Waals surface area (Å²) >= 11 is 0. The second kappa shape index (κ2) is 6.40. The van der Waals surface area contributed by atoms with E-state index >= 15 is 0 Å². The summed E-state index contributed by atoms with van der Waals surface area (Å²) in [4.78, 5) is 18.4. The minimum absolute atomic E-state index is 0.215. The molecule has 0 saturated carbocycles. The van der Waals surface area contributed by atoms with Crippen molar-refractivity contribution >= 4 is 27.4 Å². The molecule has 0 atom stereocenters. The Bertz CT molecular complexity index is 612. The molecule has 0 radical (unpaired) electrons. The van der Waals surface area contributed by atoms with Gasteiger partial charge in [0.25, 0.3) is 0 Å². The molecule has 1 saturated heterocycles. The molecule has 1 aliphatic rings. The van der Waals surface area contributed by atoms with Crippen molar-refractivity contribution in [1.29, 1.82) is 0 Å². The number of amides is 1. The molecule has 1 fully saturated rings. The zero-order chi connectivity index (χ0) is 15.5. The van der Waals surface area contributed by atoms with Gasteiger partial charge in [-0.2, -0.15) is 4.31 Å². The summed E-state index contributed by atoms with van der Waals surface area (Å²) in [6.07, 6.45) is 4.98. The Labute approximate surface area is 125 Å². The van der Waals surface area contributed by atoms with Crippen LogP contribution in [0.5, 0.6) is 0 Å². The summed E-state index contributed by atoms with van der Waals surface area (Å²) in [6, 6.07) is 3.52. The first-order chi connectivity index (χ1) is 9.88. The average molecular weight is 312 g/mol. The lowest BCUT2D eigenvalue weighted by atomic mass is 10.3. The molecule has 1 aliphatic heterocycles. The van der Waals surface area contributed by atoms with Gasteiger partial charge in [-0.05, 0) is 25.0 Å². The van der Waals surface area contributed by atoms with Gasteiger partial charge in [-0.25, -0.2) is 13.4 Å². The highest BCUT2D eigenvalue weighted by Crippen LogP contribution is 2.25. The molecule has 0 aromatic carbocycles. The summed E-state index contributed by atoms with van der Waals surface area (Å²) in [6.45, 7) is 1.62. The van der Waals surface area contributed by atoms with Gasteiger partial charge in [0.1, 0.15) is 0 Å². The van der Waals surface area contributed by atoms with E-state index < -0.39 is 10.0 Å². The number of sulfonamides is 1. The van der Waals surface area contributed by atoms with Gasteiger partial charge >= 0.3 is 0 Å². The van der Waals surface area contributed by atoms with Crippen LogP contribution in [-0.4, -0.2) is 56.6 Å². The summed E-state index contributed by atoms with van der Waals surface area (Å²) in [7, 11) is -1.99. The number of anilines is 2. The second-order valence-corrected chi connectivity index (χ2v) is 7.23. The zero-order valence-corrected chi connectivity index (χ0v) is 13.1. The highest BCUT2D eigenvalue weighted by atomic mass is 32.2. The van der Waals surface area contributed by atoms with Crippen molar-refractivity contribution < 1.29 is 13.2 Å². The summed E-state index contributed by atoms with van der Waals surface area (Å²) in [5.74, 6) is 0.363. The van der Waals surface area contributed by atoms with Crippen LogP contribution in [0.2, 0.25) is 0 Å². The van der Waals surface area contributed by atoms with Crippen LogP contribution in [0.15, 0.2) is 18.3 Å². The van der Waals surface area contributed by atoms with Crippen LogP contribution >= 0.6 is 0 Å². The monoisotopic (exact) mass is 312 g/mol. The van der Waals surface area contributed by atoms with E-state index in [0.29, 0.717) is 5.69 Å². The molecule has 7 nitrogen and oxygen atoms in total. The minimum Gasteiger partial charge on any atom is -0.355 e. The minimum atomic E-state index is -3.37. The molecule has 1 aromatic heterocycles. The number of hydrogen-bond donors (Lipinski definition) is 1. The number of carbonyl (C=O) groups excluding carboxylic acids is 1. The van der Waals surface area contributed by atoms with Gasteiger partial charge in [0.15, 0.2) is 5.82 Å². The van der Waals surface area contributed by atoms with Crippen molar-refractivity contribution in [1.82, 2.24) is 9.29 Å².